The molecule has 0 bridgehead atoms. The van der Waals surface area contributed by atoms with E-state index in [1.165, 1.54) is 0 Å². The second-order valence-electron chi connectivity index (χ2n) is 6.22. The van der Waals surface area contributed by atoms with Gasteiger partial charge in [0.15, 0.2) is 6.61 Å². The van der Waals surface area contributed by atoms with Crippen molar-refractivity contribution < 1.29 is 9.53 Å². The largest absolute Gasteiger partial charge is 0.484 e. The molecule has 2 heterocycles. The molecule has 3 rings (SSSR count). The molecule has 26 heavy (non-hydrogen) atoms. The Balaban J connectivity index is 1.65. The van der Waals surface area contributed by atoms with Crippen molar-refractivity contribution in [2.24, 2.45) is 0 Å². The van der Waals surface area contributed by atoms with Crippen LogP contribution < -0.4 is 10.2 Å². The number of hydrogen-bond donors (Lipinski definition) is 1. The van der Waals surface area contributed by atoms with Gasteiger partial charge in [-0.25, -0.2) is 10.4 Å². The van der Waals surface area contributed by atoms with E-state index in [-0.39, 0.29) is 18.7 Å². The Morgan fingerprint density at radius 2 is 2.23 bits per heavy atom. The van der Waals surface area contributed by atoms with Gasteiger partial charge in [0.05, 0.1) is 18.8 Å². The summed E-state index contributed by atoms with van der Waals surface area (Å²) in [6, 6.07) is 13.8. The summed E-state index contributed by atoms with van der Waals surface area (Å²) in [5.74, 6) is 0.612. The van der Waals surface area contributed by atoms with Crippen LogP contribution in [-0.4, -0.2) is 41.7 Å². The summed E-state index contributed by atoms with van der Waals surface area (Å²) in [6.07, 6.45) is 0.656. The van der Waals surface area contributed by atoms with E-state index in [4.69, 9.17) is 10.00 Å². The van der Waals surface area contributed by atoms with Crippen molar-refractivity contribution in [3.05, 3.63) is 52.2 Å². The summed E-state index contributed by atoms with van der Waals surface area (Å²) in [5, 5.41) is 12.7. The van der Waals surface area contributed by atoms with Crippen LogP contribution in [0.25, 0.3) is 0 Å². The summed E-state index contributed by atoms with van der Waals surface area (Å²) in [7, 11) is 0. The number of carbonyl (C=O) groups is 1. The molecule has 1 fully saturated rings. The van der Waals surface area contributed by atoms with E-state index in [0.29, 0.717) is 18.8 Å². The molecule has 1 aromatic heterocycles. The van der Waals surface area contributed by atoms with Gasteiger partial charge in [0.2, 0.25) is 0 Å². The zero-order valence-corrected chi connectivity index (χ0v) is 15.5. The molecular formula is C19H22N4O2S. The maximum absolute atomic E-state index is 12.8. The fourth-order valence-corrected chi connectivity index (χ4v) is 3.56. The summed E-state index contributed by atoms with van der Waals surface area (Å²) in [5.41, 5.74) is 4.40. The fraction of sp³-hybridized carbons (Fsp3) is 0.368. The van der Waals surface area contributed by atoms with Gasteiger partial charge in [-0.15, -0.1) is 11.3 Å². The predicted octanol–water partition coefficient (Wildman–Crippen LogP) is 2.52. The quantitative estimate of drug-likeness (QED) is 0.759. The van der Waals surface area contributed by atoms with Gasteiger partial charge in [-0.05, 0) is 36.9 Å². The van der Waals surface area contributed by atoms with Crippen LogP contribution in [0.1, 0.15) is 16.9 Å². The first kappa shape index (κ1) is 18.4. The first-order valence-electron chi connectivity index (χ1n) is 8.55. The smallest absolute Gasteiger partial charge is 0.262 e. The first-order valence-corrected chi connectivity index (χ1v) is 9.43. The van der Waals surface area contributed by atoms with Crippen molar-refractivity contribution in [2.75, 3.05) is 19.7 Å². The van der Waals surface area contributed by atoms with Crippen molar-refractivity contribution in [1.82, 2.24) is 15.3 Å². The second kappa shape index (κ2) is 8.81. The third-order valence-electron chi connectivity index (χ3n) is 4.25. The van der Waals surface area contributed by atoms with Gasteiger partial charge in [-0.2, -0.15) is 5.26 Å². The minimum Gasteiger partial charge on any atom is -0.484 e. The molecule has 1 saturated heterocycles. The van der Waals surface area contributed by atoms with Gasteiger partial charge in [-0.3, -0.25) is 4.79 Å². The predicted molar refractivity (Wildman–Crippen MR) is 100 cm³/mol. The molecule has 0 spiro atoms. The Bertz CT molecular complexity index is 755. The topological polar surface area (TPSA) is 68.6 Å². The van der Waals surface area contributed by atoms with Gasteiger partial charge in [0, 0.05) is 11.4 Å². The highest BCUT2D eigenvalue weighted by Gasteiger charge is 2.30. The summed E-state index contributed by atoms with van der Waals surface area (Å²) < 4.78 is 5.68. The zero-order chi connectivity index (χ0) is 18.4. The molecule has 1 amide bonds. The molecule has 1 aliphatic rings. The maximum atomic E-state index is 12.8. The Hall–Kier alpha value is -2.40. The molecule has 6 nitrogen and oxygen atoms in total. The van der Waals surface area contributed by atoms with Crippen LogP contribution >= 0.6 is 11.3 Å². The van der Waals surface area contributed by atoms with Crippen molar-refractivity contribution in [1.29, 1.82) is 5.26 Å². The second-order valence-corrected chi connectivity index (χ2v) is 7.25. The van der Waals surface area contributed by atoms with Crippen LogP contribution in [0.5, 0.6) is 5.75 Å². The van der Waals surface area contributed by atoms with Crippen LogP contribution in [0.2, 0.25) is 0 Å². The highest BCUT2D eigenvalue weighted by atomic mass is 32.1. The number of ether oxygens (including phenoxy) is 1. The van der Waals surface area contributed by atoms with Crippen LogP contribution in [0.4, 0.5) is 0 Å². The summed E-state index contributed by atoms with van der Waals surface area (Å²) in [6.45, 7) is 3.58. The lowest BCUT2D eigenvalue weighted by Crippen LogP contribution is -2.49. The van der Waals surface area contributed by atoms with Crippen molar-refractivity contribution in [3.8, 4) is 11.8 Å². The molecule has 0 saturated carbocycles. The first-order chi connectivity index (χ1) is 12.7. The molecule has 1 unspecified atom stereocenters. The number of carbonyl (C=O) groups excluding carboxylic acids is 1. The lowest BCUT2D eigenvalue weighted by molar-refractivity contribution is -0.137. The lowest BCUT2D eigenvalue weighted by Gasteiger charge is -2.29. The number of benzene rings is 1. The number of amides is 1. The van der Waals surface area contributed by atoms with E-state index >= 15 is 0 Å². The third kappa shape index (κ3) is 4.82. The molecule has 2 aromatic rings. The average molecular weight is 370 g/mol. The van der Waals surface area contributed by atoms with E-state index in [1.807, 2.05) is 53.7 Å². The number of thiophene rings is 1. The van der Waals surface area contributed by atoms with Gasteiger partial charge in [0.25, 0.3) is 5.91 Å². The molecular weight excluding hydrogens is 348 g/mol. The zero-order valence-electron chi connectivity index (χ0n) is 14.7. The average Bonchev–Trinajstić information content (AvgIpc) is 3.31. The molecule has 0 radical (unpaired) electrons. The number of hydrazine groups is 1. The van der Waals surface area contributed by atoms with Crippen LogP contribution in [0.15, 0.2) is 41.8 Å². The van der Waals surface area contributed by atoms with Crippen molar-refractivity contribution in [2.45, 2.75) is 26.1 Å². The Morgan fingerprint density at radius 1 is 1.42 bits per heavy atom. The Morgan fingerprint density at radius 3 is 2.92 bits per heavy atom. The van der Waals surface area contributed by atoms with Gasteiger partial charge < -0.3 is 9.64 Å². The number of nitrogens with zero attached hydrogens (tertiary/aromatic N) is 3. The van der Waals surface area contributed by atoms with E-state index < -0.39 is 0 Å². The van der Waals surface area contributed by atoms with E-state index in [1.54, 1.807) is 16.2 Å². The monoisotopic (exact) mass is 370 g/mol. The molecule has 7 heteroatoms. The highest BCUT2D eigenvalue weighted by molar-refractivity contribution is 7.09. The van der Waals surface area contributed by atoms with Crippen molar-refractivity contribution in [3.63, 3.8) is 0 Å². The minimum absolute atomic E-state index is 0.00906. The maximum Gasteiger partial charge on any atom is 0.262 e. The Kier molecular flexibility index (Phi) is 6.23. The van der Waals surface area contributed by atoms with E-state index in [9.17, 15) is 4.79 Å². The lowest BCUT2D eigenvalue weighted by atomic mass is 10.2. The molecule has 1 atom stereocenters. The van der Waals surface area contributed by atoms with Gasteiger partial charge >= 0.3 is 0 Å². The third-order valence-corrected chi connectivity index (χ3v) is 5.11. The summed E-state index contributed by atoms with van der Waals surface area (Å²) >= 11 is 1.63. The van der Waals surface area contributed by atoms with Crippen LogP contribution in [-0.2, 0) is 11.3 Å². The van der Waals surface area contributed by atoms with Gasteiger partial charge in [0.1, 0.15) is 12.3 Å². The number of nitrogens with one attached hydrogen (secondary N) is 1. The number of hydrogen-bond acceptors (Lipinski definition) is 6. The molecule has 1 N–H and O–H groups in total. The van der Waals surface area contributed by atoms with Crippen molar-refractivity contribution >= 4 is 17.2 Å². The molecule has 1 aromatic carbocycles. The normalized spacial score (nSPS) is 17.0. The fourth-order valence-electron chi connectivity index (χ4n) is 2.86. The standard InChI is InChI=1S/C19H22N4O2S/c1-15-4-6-16(7-5-15)25-14-19(24)23(13-17-3-2-12-26-17)18-8-10-22(21-18)11-9-20/h2-7,12,18,21H,8,10-11,13-14H2,1H3. The highest BCUT2D eigenvalue weighted by Crippen LogP contribution is 2.18. The van der Waals surface area contributed by atoms with E-state index in [0.717, 1.165) is 23.4 Å². The SMILES string of the molecule is Cc1ccc(OCC(=O)N(Cc2cccs2)C2CCN(CC#N)N2)cc1. The summed E-state index contributed by atoms with van der Waals surface area (Å²) in [4.78, 5) is 15.8. The number of aryl methyl sites for hydroxylation is 1. The number of nitriles is 1. The molecule has 1 aliphatic heterocycles. The molecule has 0 aliphatic carbocycles. The van der Waals surface area contributed by atoms with Crippen LogP contribution in [0.3, 0.4) is 0 Å². The van der Waals surface area contributed by atoms with Crippen LogP contribution in [0, 0.1) is 18.3 Å². The Labute approximate surface area is 157 Å². The molecule has 136 valence electrons. The van der Waals surface area contributed by atoms with Gasteiger partial charge in [-0.1, -0.05) is 23.8 Å². The number of rotatable bonds is 7. The minimum atomic E-state index is -0.125. The van der Waals surface area contributed by atoms with E-state index in [2.05, 4.69) is 11.5 Å².